The van der Waals surface area contributed by atoms with Crippen molar-refractivity contribution in [3.8, 4) is 17.5 Å². The number of aromatic nitrogens is 1. The smallest absolute Gasteiger partial charge is 0.226 e. The minimum Gasteiger partial charge on any atom is -0.444 e. The van der Waals surface area contributed by atoms with E-state index in [2.05, 4.69) is 11.1 Å². The third-order valence-electron chi connectivity index (χ3n) is 2.17. The molecule has 1 heterocycles. The maximum atomic E-state index is 8.65. The van der Waals surface area contributed by atoms with Crippen molar-refractivity contribution >= 4 is 0 Å². The minimum absolute atomic E-state index is 0.608. The SMILES string of the molecule is CCc1coc(-c2ccc(C#N)cc2)n1. The molecule has 0 N–H and O–H groups in total. The van der Waals surface area contributed by atoms with Crippen molar-refractivity contribution in [1.82, 2.24) is 4.98 Å². The summed E-state index contributed by atoms with van der Waals surface area (Å²) in [5, 5.41) is 8.65. The average Bonchev–Trinajstić information content (AvgIpc) is 2.78. The first kappa shape index (κ1) is 9.47. The molecule has 0 amide bonds. The first-order valence-electron chi connectivity index (χ1n) is 4.78. The highest BCUT2D eigenvalue weighted by atomic mass is 16.3. The Bertz CT molecular complexity index is 491. The molecule has 3 nitrogen and oxygen atoms in total. The Morgan fingerprint density at radius 2 is 2.07 bits per heavy atom. The Morgan fingerprint density at radius 1 is 1.33 bits per heavy atom. The zero-order valence-corrected chi connectivity index (χ0v) is 8.40. The van der Waals surface area contributed by atoms with E-state index in [0.717, 1.165) is 17.7 Å². The molecule has 1 aromatic carbocycles. The lowest BCUT2D eigenvalue weighted by Crippen LogP contribution is -1.81. The second-order valence-corrected chi connectivity index (χ2v) is 3.19. The molecule has 0 radical (unpaired) electrons. The summed E-state index contributed by atoms with van der Waals surface area (Å²) >= 11 is 0. The molecule has 0 atom stereocenters. The van der Waals surface area contributed by atoms with Gasteiger partial charge in [-0.25, -0.2) is 4.98 Å². The van der Waals surface area contributed by atoms with Gasteiger partial charge in [0, 0.05) is 5.56 Å². The summed E-state index contributed by atoms with van der Waals surface area (Å²) in [4.78, 5) is 4.30. The molecule has 2 rings (SSSR count). The number of nitriles is 1. The molecule has 2 aromatic rings. The van der Waals surface area contributed by atoms with Gasteiger partial charge >= 0.3 is 0 Å². The van der Waals surface area contributed by atoms with Gasteiger partial charge in [0.15, 0.2) is 0 Å². The normalized spacial score (nSPS) is 9.87. The van der Waals surface area contributed by atoms with Crippen molar-refractivity contribution in [2.45, 2.75) is 13.3 Å². The molecule has 0 spiro atoms. The Morgan fingerprint density at radius 3 is 2.60 bits per heavy atom. The van der Waals surface area contributed by atoms with Crippen molar-refractivity contribution in [1.29, 1.82) is 5.26 Å². The highest BCUT2D eigenvalue weighted by molar-refractivity contribution is 5.54. The lowest BCUT2D eigenvalue weighted by Gasteiger charge is -1.94. The van der Waals surface area contributed by atoms with E-state index in [1.54, 1.807) is 18.4 Å². The highest BCUT2D eigenvalue weighted by Crippen LogP contribution is 2.19. The third kappa shape index (κ3) is 1.89. The van der Waals surface area contributed by atoms with Crippen LogP contribution in [0, 0.1) is 11.3 Å². The summed E-state index contributed by atoms with van der Waals surface area (Å²) in [6, 6.07) is 9.26. The van der Waals surface area contributed by atoms with E-state index in [1.165, 1.54) is 0 Å². The van der Waals surface area contributed by atoms with Gasteiger partial charge in [0.05, 0.1) is 17.3 Å². The molecular weight excluding hydrogens is 188 g/mol. The number of benzene rings is 1. The summed E-state index contributed by atoms with van der Waals surface area (Å²) in [5.41, 5.74) is 2.48. The average molecular weight is 198 g/mol. The van der Waals surface area contributed by atoms with E-state index in [1.807, 2.05) is 19.1 Å². The monoisotopic (exact) mass is 198 g/mol. The van der Waals surface area contributed by atoms with Crippen LogP contribution in [0.25, 0.3) is 11.5 Å². The number of hydrogen-bond donors (Lipinski definition) is 0. The molecule has 1 aromatic heterocycles. The Hall–Kier alpha value is -2.08. The summed E-state index contributed by atoms with van der Waals surface area (Å²) in [5.74, 6) is 0.608. The number of hydrogen-bond acceptors (Lipinski definition) is 3. The maximum Gasteiger partial charge on any atom is 0.226 e. The van der Waals surface area contributed by atoms with Gasteiger partial charge in [-0.1, -0.05) is 6.92 Å². The van der Waals surface area contributed by atoms with Crippen molar-refractivity contribution < 1.29 is 4.42 Å². The Balaban J connectivity index is 2.33. The van der Waals surface area contributed by atoms with Crippen molar-refractivity contribution in [2.24, 2.45) is 0 Å². The van der Waals surface area contributed by atoms with Crippen LogP contribution in [0.4, 0.5) is 0 Å². The molecule has 74 valence electrons. The van der Waals surface area contributed by atoms with Gasteiger partial charge < -0.3 is 4.42 Å². The van der Waals surface area contributed by atoms with Gasteiger partial charge in [0.1, 0.15) is 6.26 Å². The fourth-order valence-corrected chi connectivity index (χ4v) is 1.29. The quantitative estimate of drug-likeness (QED) is 0.745. The molecule has 0 aliphatic heterocycles. The first-order valence-corrected chi connectivity index (χ1v) is 4.78. The fraction of sp³-hybridized carbons (Fsp3) is 0.167. The van der Waals surface area contributed by atoms with Crippen LogP contribution in [0.2, 0.25) is 0 Å². The third-order valence-corrected chi connectivity index (χ3v) is 2.17. The molecule has 0 aliphatic rings. The van der Waals surface area contributed by atoms with E-state index in [9.17, 15) is 0 Å². The van der Waals surface area contributed by atoms with E-state index in [-0.39, 0.29) is 0 Å². The molecule has 0 saturated heterocycles. The Labute approximate surface area is 88.0 Å². The fourth-order valence-electron chi connectivity index (χ4n) is 1.29. The summed E-state index contributed by atoms with van der Waals surface area (Å²) in [6.45, 7) is 2.03. The number of oxazole rings is 1. The van der Waals surface area contributed by atoms with Crippen LogP contribution in [0.15, 0.2) is 34.9 Å². The van der Waals surface area contributed by atoms with Gasteiger partial charge in [0.2, 0.25) is 5.89 Å². The maximum absolute atomic E-state index is 8.65. The molecule has 15 heavy (non-hydrogen) atoms. The van der Waals surface area contributed by atoms with E-state index in [4.69, 9.17) is 9.68 Å². The van der Waals surface area contributed by atoms with Crippen LogP contribution in [0.5, 0.6) is 0 Å². The first-order chi connectivity index (χ1) is 7.33. The van der Waals surface area contributed by atoms with Crippen LogP contribution in [0.1, 0.15) is 18.2 Å². The van der Waals surface area contributed by atoms with Crippen LogP contribution >= 0.6 is 0 Å². The highest BCUT2D eigenvalue weighted by Gasteiger charge is 2.04. The molecule has 0 aliphatic carbocycles. The van der Waals surface area contributed by atoms with Gasteiger partial charge in [-0.2, -0.15) is 5.26 Å². The van der Waals surface area contributed by atoms with Gasteiger partial charge in [-0.15, -0.1) is 0 Å². The number of rotatable bonds is 2. The topological polar surface area (TPSA) is 49.8 Å². The minimum atomic E-state index is 0.608. The lowest BCUT2D eigenvalue weighted by molar-refractivity contribution is 0.573. The van der Waals surface area contributed by atoms with Crippen LogP contribution in [0.3, 0.4) is 0 Å². The molecule has 0 fully saturated rings. The zero-order valence-electron chi connectivity index (χ0n) is 8.40. The molecule has 0 unspecified atom stereocenters. The van der Waals surface area contributed by atoms with E-state index in [0.29, 0.717) is 11.5 Å². The van der Waals surface area contributed by atoms with Gasteiger partial charge in [0.25, 0.3) is 0 Å². The molecule has 0 saturated carbocycles. The van der Waals surface area contributed by atoms with Crippen LogP contribution in [-0.4, -0.2) is 4.98 Å². The van der Waals surface area contributed by atoms with E-state index >= 15 is 0 Å². The van der Waals surface area contributed by atoms with Crippen molar-refractivity contribution in [3.63, 3.8) is 0 Å². The largest absolute Gasteiger partial charge is 0.444 e. The summed E-state index contributed by atoms with van der Waals surface area (Å²) < 4.78 is 5.32. The van der Waals surface area contributed by atoms with Crippen molar-refractivity contribution in [2.75, 3.05) is 0 Å². The Kier molecular flexibility index (Phi) is 2.51. The molecule has 3 heteroatoms. The number of nitrogens with zero attached hydrogens (tertiary/aromatic N) is 2. The summed E-state index contributed by atoms with van der Waals surface area (Å²) in [6.07, 6.45) is 2.52. The second-order valence-electron chi connectivity index (χ2n) is 3.19. The number of aryl methyl sites for hydroxylation is 1. The lowest BCUT2D eigenvalue weighted by atomic mass is 10.1. The predicted octanol–water partition coefficient (Wildman–Crippen LogP) is 2.78. The van der Waals surface area contributed by atoms with Crippen molar-refractivity contribution in [3.05, 3.63) is 41.8 Å². The zero-order chi connectivity index (χ0) is 10.7. The van der Waals surface area contributed by atoms with Gasteiger partial charge in [-0.05, 0) is 30.7 Å². The second kappa shape index (κ2) is 3.97. The standard InChI is InChI=1S/C12H10N2O/c1-2-11-8-15-12(14-11)10-5-3-9(7-13)4-6-10/h3-6,8H,2H2,1H3. The predicted molar refractivity (Wildman–Crippen MR) is 56.0 cm³/mol. The van der Waals surface area contributed by atoms with Crippen LogP contribution < -0.4 is 0 Å². The summed E-state index contributed by atoms with van der Waals surface area (Å²) in [7, 11) is 0. The molecular formula is C12H10N2O. The van der Waals surface area contributed by atoms with E-state index < -0.39 is 0 Å². The van der Waals surface area contributed by atoms with Gasteiger partial charge in [-0.3, -0.25) is 0 Å². The van der Waals surface area contributed by atoms with Crippen LogP contribution in [-0.2, 0) is 6.42 Å². The molecule has 0 bridgehead atoms.